The van der Waals surface area contributed by atoms with Crippen molar-refractivity contribution in [1.29, 1.82) is 0 Å². The van der Waals surface area contributed by atoms with Crippen LogP contribution >= 0.6 is 23.4 Å². The van der Waals surface area contributed by atoms with Crippen LogP contribution in [-0.4, -0.2) is 20.7 Å². The van der Waals surface area contributed by atoms with Crippen LogP contribution in [0.5, 0.6) is 0 Å². The first-order valence-corrected chi connectivity index (χ1v) is 11.4. The van der Waals surface area contributed by atoms with Crippen molar-refractivity contribution in [1.82, 2.24) is 14.8 Å². The lowest BCUT2D eigenvalue weighted by Gasteiger charge is -2.06. The van der Waals surface area contributed by atoms with Crippen molar-refractivity contribution < 1.29 is 4.79 Å². The Bertz CT molecular complexity index is 1220. The lowest BCUT2D eigenvalue weighted by atomic mass is 10.2. The number of hydrogen-bond donors (Lipinski definition) is 1. The number of nitrogens with zero attached hydrogens (tertiary/aromatic N) is 3. The Morgan fingerprint density at radius 3 is 2.44 bits per heavy atom. The molecule has 1 amide bonds. The Morgan fingerprint density at radius 1 is 1.00 bits per heavy atom. The molecule has 0 fully saturated rings. The molecular weight excluding hydrogens is 440 g/mol. The summed E-state index contributed by atoms with van der Waals surface area (Å²) in [6.07, 6.45) is 3.31. The summed E-state index contributed by atoms with van der Waals surface area (Å²) >= 11 is 7.56. The van der Waals surface area contributed by atoms with E-state index in [1.54, 1.807) is 17.8 Å². The summed E-state index contributed by atoms with van der Waals surface area (Å²) in [5, 5.41) is 13.1. The number of aromatic nitrogens is 3. The maximum atomic E-state index is 12.2. The van der Waals surface area contributed by atoms with E-state index < -0.39 is 0 Å². The van der Waals surface area contributed by atoms with Crippen LogP contribution in [0.15, 0.2) is 90.1 Å². The average Bonchev–Trinajstić information content (AvgIpc) is 3.19. The van der Waals surface area contributed by atoms with Gasteiger partial charge in [0.15, 0.2) is 11.0 Å². The van der Waals surface area contributed by atoms with Gasteiger partial charge >= 0.3 is 0 Å². The molecule has 4 aromatic rings. The van der Waals surface area contributed by atoms with Crippen LogP contribution in [-0.2, 0) is 17.6 Å². The molecule has 0 bridgehead atoms. The fourth-order valence-corrected chi connectivity index (χ4v) is 4.04. The molecule has 4 rings (SSSR count). The van der Waals surface area contributed by atoms with Crippen molar-refractivity contribution in [2.45, 2.75) is 10.9 Å². The molecule has 0 aliphatic carbocycles. The highest BCUT2D eigenvalue weighted by Crippen LogP contribution is 2.26. The SMILES string of the molecule is Cn1c(SCc2ccc(Cl)cc2)nnc1-c1ccc(NC(=O)/C=C/c2ccccc2)cc1. The summed E-state index contributed by atoms with van der Waals surface area (Å²) < 4.78 is 1.97. The van der Waals surface area contributed by atoms with Gasteiger partial charge in [0, 0.05) is 35.2 Å². The molecule has 1 N–H and O–H groups in total. The fraction of sp³-hybridized carbons (Fsp3) is 0.0800. The fourth-order valence-electron chi connectivity index (χ4n) is 3.04. The largest absolute Gasteiger partial charge is 0.323 e. The van der Waals surface area contributed by atoms with Gasteiger partial charge in [0.25, 0.3) is 0 Å². The molecule has 0 saturated heterocycles. The molecule has 0 spiro atoms. The van der Waals surface area contributed by atoms with Gasteiger partial charge in [0.2, 0.25) is 5.91 Å². The molecule has 0 aliphatic rings. The molecule has 0 atom stereocenters. The zero-order valence-corrected chi connectivity index (χ0v) is 19.0. The molecule has 5 nitrogen and oxygen atoms in total. The van der Waals surface area contributed by atoms with Crippen molar-refractivity contribution in [2.75, 3.05) is 5.32 Å². The summed E-state index contributed by atoms with van der Waals surface area (Å²) in [5.41, 5.74) is 3.79. The van der Waals surface area contributed by atoms with E-state index in [0.29, 0.717) is 0 Å². The Labute approximate surface area is 196 Å². The highest BCUT2D eigenvalue weighted by atomic mass is 35.5. The Morgan fingerprint density at radius 2 is 1.72 bits per heavy atom. The van der Waals surface area contributed by atoms with E-state index in [0.717, 1.165) is 38.6 Å². The lowest BCUT2D eigenvalue weighted by molar-refractivity contribution is -0.111. The first kappa shape index (κ1) is 21.9. The Balaban J connectivity index is 1.38. The summed E-state index contributed by atoms with van der Waals surface area (Å²) in [4.78, 5) is 12.2. The molecule has 1 aromatic heterocycles. The van der Waals surface area contributed by atoms with Crippen LogP contribution in [0.3, 0.4) is 0 Å². The second-order valence-corrected chi connectivity index (χ2v) is 8.47. The Hall–Kier alpha value is -3.35. The molecule has 0 saturated carbocycles. The van der Waals surface area contributed by atoms with Crippen molar-refractivity contribution in [2.24, 2.45) is 7.05 Å². The topological polar surface area (TPSA) is 59.8 Å². The molecule has 7 heteroatoms. The van der Waals surface area contributed by atoms with Crippen LogP contribution in [0.1, 0.15) is 11.1 Å². The Kier molecular flexibility index (Phi) is 7.04. The summed E-state index contributed by atoms with van der Waals surface area (Å²) in [7, 11) is 1.95. The van der Waals surface area contributed by atoms with Crippen LogP contribution in [0.2, 0.25) is 5.02 Å². The van der Waals surface area contributed by atoms with E-state index in [2.05, 4.69) is 15.5 Å². The number of nitrogens with one attached hydrogen (secondary N) is 1. The van der Waals surface area contributed by atoms with Crippen LogP contribution in [0, 0.1) is 0 Å². The van der Waals surface area contributed by atoms with E-state index >= 15 is 0 Å². The number of anilines is 1. The van der Waals surface area contributed by atoms with Gasteiger partial charge in [0.05, 0.1) is 0 Å². The lowest BCUT2D eigenvalue weighted by Crippen LogP contribution is -2.07. The van der Waals surface area contributed by atoms with Crippen LogP contribution in [0.4, 0.5) is 5.69 Å². The van der Waals surface area contributed by atoms with E-state index in [1.807, 2.05) is 90.5 Å². The average molecular weight is 461 g/mol. The van der Waals surface area contributed by atoms with Crippen LogP contribution in [0.25, 0.3) is 17.5 Å². The molecule has 0 aliphatic heterocycles. The molecule has 1 heterocycles. The number of carbonyl (C=O) groups excluding carboxylic acids is 1. The van der Waals surface area contributed by atoms with Crippen molar-refractivity contribution in [3.05, 3.63) is 101 Å². The first-order valence-electron chi connectivity index (χ1n) is 10.00. The number of rotatable bonds is 7. The zero-order valence-electron chi connectivity index (χ0n) is 17.4. The number of carbonyl (C=O) groups is 1. The van der Waals surface area contributed by atoms with Gasteiger partial charge in [-0.15, -0.1) is 10.2 Å². The van der Waals surface area contributed by atoms with Gasteiger partial charge < -0.3 is 9.88 Å². The molecule has 3 aromatic carbocycles. The van der Waals surface area contributed by atoms with Gasteiger partial charge in [-0.3, -0.25) is 4.79 Å². The smallest absolute Gasteiger partial charge is 0.248 e. The van der Waals surface area contributed by atoms with E-state index in [1.165, 1.54) is 11.6 Å². The third-order valence-corrected chi connectivity index (χ3v) is 6.10. The monoisotopic (exact) mass is 460 g/mol. The van der Waals surface area contributed by atoms with Crippen molar-refractivity contribution >= 4 is 41.0 Å². The molecular formula is C25H21ClN4OS. The van der Waals surface area contributed by atoms with Gasteiger partial charge in [-0.05, 0) is 53.6 Å². The molecule has 0 unspecified atom stereocenters. The van der Waals surface area contributed by atoms with E-state index in [-0.39, 0.29) is 5.91 Å². The molecule has 160 valence electrons. The predicted octanol–water partition coefficient (Wildman–Crippen LogP) is 6.08. The normalized spacial score (nSPS) is 11.1. The summed E-state index contributed by atoms with van der Waals surface area (Å²) in [6.45, 7) is 0. The second kappa shape index (κ2) is 10.3. The standard InChI is InChI=1S/C25H21ClN4OS/c1-30-24(28-29-25(30)32-17-19-7-12-21(26)13-8-19)20-10-14-22(15-11-20)27-23(31)16-9-18-5-3-2-4-6-18/h2-16H,17H2,1H3,(H,27,31)/b16-9+. The number of halogens is 1. The second-order valence-electron chi connectivity index (χ2n) is 7.09. The van der Waals surface area contributed by atoms with Gasteiger partial charge in [-0.2, -0.15) is 0 Å². The number of benzene rings is 3. The number of thioether (sulfide) groups is 1. The van der Waals surface area contributed by atoms with Gasteiger partial charge in [0.1, 0.15) is 0 Å². The molecule has 32 heavy (non-hydrogen) atoms. The molecule has 0 radical (unpaired) electrons. The number of amides is 1. The van der Waals surface area contributed by atoms with Gasteiger partial charge in [-0.25, -0.2) is 0 Å². The van der Waals surface area contributed by atoms with Crippen LogP contribution < -0.4 is 5.32 Å². The van der Waals surface area contributed by atoms with Gasteiger partial charge in [-0.1, -0.05) is 65.8 Å². The highest BCUT2D eigenvalue weighted by molar-refractivity contribution is 7.98. The van der Waals surface area contributed by atoms with E-state index in [9.17, 15) is 4.79 Å². The minimum Gasteiger partial charge on any atom is -0.323 e. The zero-order chi connectivity index (χ0) is 22.3. The third-order valence-electron chi connectivity index (χ3n) is 4.75. The highest BCUT2D eigenvalue weighted by Gasteiger charge is 2.11. The summed E-state index contributed by atoms with van der Waals surface area (Å²) in [6, 6.07) is 25.1. The number of hydrogen-bond acceptors (Lipinski definition) is 4. The van der Waals surface area contributed by atoms with E-state index in [4.69, 9.17) is 11.6 Å². The predicted molar refractivity (Wildman–Crippen MR) is 132 cm³/mol. The quantitative estimate of drug-likeness (QED) is 0.268. The maximum Gasteiger partial charge on any atom is 0.248 e. The van der Waals surface area contributed by atoms with Crippen molar-refractivity contribution in [3.63, 3.8) is 0 Å². The minimum atomic E-state index is -0.179. The first-order chi connectivity index (χ1) is 15.6. The third kappa shape index (κ3) is 5.66. The maximum absolute atomic E-state index is 12.2. The minimum absolute atomic E-state index is 0.179. The van der Waals surface area contributed by atoms with Crippen molar-refractivity contribution in [3.8, 4) is 11.4 Å². The summed E-state index contributed by atoms with van der Waals surface area (Å²) in [5.74, 6) is 1.37.